The zero-order chi connectivity index (χ0) is 21.2. The van der Waals surface area contributed by atoms with Crippen LogP contribution in [0.15, 0.2) is 28.3 Å². The Labute approximate surface area is 188 Å². The molecule has 3 aliphatic carbocycles. The van der Waals surface area contributed by atoms with Gasteiger partial charge in [-0.05, 0) is 126 Å². The third-order valence-corrected chi connectivity index (χ3v) is 14.1. The Morgan fingerprint density at radius 2 is 1.86 bits per heavy atom. The molecule has 0 aromatic heterocycles. The van der Waals surface area contributed by atoms with E-state index >= 15 is 0 Å². The highest BCUT2D eigenvalue weighted by molar-refractivity contribution is 9.10. The summed E-state index contributed by atoms with van der Waals surface area (Å²) in [5.74, 6) is 3.55. The lowest BCUT2D eigenvalue weighted by atomic mass is 9.55. The van der Waals surface area contributed by atoms with Gasteiger partial charge in [-0.3, -0.25) is 0 Å². The predicted molar refractivity (Wildman–Crippen MR) is 130 cm³/mol. The molecular formula is C26H39BrOSi. The van der Waals surface area contributed by atoms with E-state index in [9.17, 15) is 0 Å². The highest BCUT2D eigenvalue weighted by Gasteiger charge is 2.52. The van der Waals surface area contributed by atoms with Crippen LogP contribution in [0.25, 0.3) is 0 Å². The molecular weight excluding hydrogens is 436 g/mol. The Hall–Kier alpha value is -0.543. The van der Waals surface area contributed by atoms with Gasteiger partial charge in [-0.2, -0.15) is 0 Å². The Morgan fingerprint density at radius 3 is 2.52 bits per heavy atom. The number of rotatable bonds is 2. The van der Waals surface area contributed by atoms with Gasteiger partial charge in [-0.15, -0.1) is 0 Å². The number of aryl methyl sites for hydroxylation is 1. The van der Waals surface area contributed by atoms with Gasteiger partial charge in [0.15, 0.2) is 0 Å². The van der Waals surface area contributed by atoms with Crippen molar-refractivity contribution in [1.82, 2.24) is 0 Å². The predicted octanol–water partition coefficient (Wildman–Crippen LogP) is 8.64. The number of hydrogen-bond acceptors (Lipinski definition) is 1. The highest BCUT2D eigenvalue weighted by atomic mass is 79.9. The van der Waals surface area contributed by atoms with Crippen LogP contribution in [0.2, 0.25) is 18.1 Å². The molecule has 2 saturated carbocycles. The van der Waals surface area contributed by atoms with Crippen molar-refractivity contribution in [2.75, 3.05) is 0 Å². The van der Waals surface area contributed by atoms with Gasteiger partial charge < -0.3 is 4.43 Å². The summed E-state index contributed by atoms with van der Waals surface area (Å²) in [7, 11) is -1.83. The van der Waals surface area contributed by atoms with Crippen molar-refractivity contribution < 1.29 is 4.43 Å². The summed E-state index contributed by atoms with van der Waals surface area (Å²) in [6.45, 7) is 16.5. The molecule has 1 nitrogen and oxygen atoms in total. The van der Waals surface area contributed by atoms with Crippen LogP contribution in [-0.2, 0) is 6.42 Å². The summed E-state index contributed by atoms with van der Waals surface area (Å²) in [6.07, 6.45) is 10.4. The van der Waals surface area contributed by atoms with Crippen LogP contribution in [0.1, 0.15) is 83.8 Å². The average molecular weight is 476 g/mol. The molecule has 160 valence electrons. The molecule has 3 aliphatic rings. The van der Waals surface area contributed by atoms with Crippen molar-refractivity contribution in [1.29, 1.82) is 0 Å². The second-order valence-corrected chi connectivity index (χ2v) is 17.1. The van der Waals surface area contributed by atoms with Crippen LogP contribution >= 0.6 is 15.9 Å². The topological polar surface area (TPSA) is 9.23 Å². The third kappa shape index (κ3) is 3.48. The van der Waals surface area contributed by atoms with Gasteiger partial charge in [0.05, 0.1) is 4.47 Å². The Balaban J connectivity index is 1.64. The second kappa shape index (κ2) is 7.26. The van der Waals surface area contributed by atoms with E-state index in [1.165, 1.54) is 38.5 Å². The molecule has 0 spiro atoms. The average Bonchev–Trinajstić information content (AvgIpc) is 2.97. The molecule has 29 heavy (non-hydrogen) atoms. The molecule has 0 unspecified atom stereocenters. The molecule has 1 aromatic rings. The largest absolute Gasteiger partial charge is 0.543 e. The van der Waals surface area contributed by atoms with E-state index in [4.69, 9.17) is 4.43 Å². The number of benzene rings is 1. The molecule has 0 amide bonds. The van der Waals surface area contributed by atoms with Crippen LogP contribution in [0.3, 0.4) is 0 Å². The molecule has 4 rings (SSSR count). The minimum atomic E-state index is -1.83. The summed E-state index contributed by atoms with van der Waals surface area (Å²) in [4.78, 5) is 0. The van der Waals surface area contributed by atoms with Gasteiger partial charge in [0, 0.05) is 0 Å². The minimum Gasteiger partial charge on any atom is -0.543 e. The lowest BCUT2D eigenvalue weighted by molar-refractivity contribution is 0.0813. The Bertz CT molecular complexity index is 834. The van der Waals surface area contributed by atoms with E-state index in [1.807, 2.05) is 0 Å². The first-order chi connectivity index (χ1) is 13.5. The lowest BCUT2D eigenvalue weighted by Gasteiger charge is -2.49. The van der Waals surface area contributed by atoms with Crippen molar-refractivity contribution in [3.63, 3.8) is 0 Å². The zero-order valence-electron chi connectivity index (χ0n) is 19.5. The maximum absolute atomic E-state index is 6.70. The van der Waals surface area contributed by atoms with E-state index < -0.39 is 8.32 Å². The fourth-order valence-electron chi connectivity index (χ4n) is 6.40. The smallest absolute Gasteiger partial charge is 0.250 e. The molecule has 0 saturated heterocycles. The summed E-state index contributed by atoms with van der Waals surface area (Å²) in [5.41, 5.74) is 5.38. The van der Waals surface area contributed by atoms with E-state index in [0.29, 0.717) is 5.41 Å². The van der Waals surface area contributed by atoms with Crippen molar-refractivity contribution in [2.45, 2.75) is 97.2 Å². The van der Waals surface area contributed by atoms with Gasteiger partial charge in [-0.25, -0.2) is 0 Å². The molecule has 0 heterocycles. The Morgan fingerprint density at radius 1 is 1.14 bits per heavy atom. The molecule has 0 N–H and O–H groups in total. The van der Waals surface area contributed by atoms with E-state index in [-0.39, 0.29) is 5.04 Å². The monoisotopic (exact) mass is 474 g/mol. The van der Waals surface area contributed by atoms with Crippen LogP contribution in [0.5, 0.6) is 5.75 Å². The molecule has 2 fully saturated rings. The second-order valence-electron chi connectivity index (χ2n) is 11.6. The fraction of sp³-hybridized carbons (Fsp3) is 0.692. The summed E-state index contributed by atoms with van der Waals surface area (Å²) < 4.78 is 7.86. The normalized spacial score (nSPS) is 33.2. The third-order valence-electron chi connectivity index (χ3n) is 9.14. The van der Waals surface area contributed by atoms with Crippen molar-refractivity contribution in [2.24, 2.45) is 17.3 Å². The van der Waals surface area contributed by atoms with Gasteiger partial charge >= 0.3 is 0 Å². The van der Waals surface area contributed by atoms with E-state index in [2.05, 4.69) is 81.9 Å². The Kier molecular flexibility index (Phi) is 5.43. The van der Waals surface area contributed by atoms with E-state index in [0.717, 1.165) is 28.0 Å². The fourth-order valence-corrected chi connectivity index (χ4v) is 8.02. The molecule has 0 bridgehead atoms. The van der Waals surface area contributed by atoms with E-state index in [1.54, 1.807) is 16.7 Å². The lowest BCUT2D eigenvalue weighted by Crippen LogP contribution is -2.44. The maximum atomic E-state index is 6.70. The number of hydrogen-bond donors (Lipinski definition) is 0. The van der Waals surface area contributed by atoms with Crippen molar-refractivity contribution in [3.05, 3.63) is 39.4 Å². The van der Waals surface area contributed by atoms with Gasteiger partial charge in [-0.1, -0.05) is 39.3 Å². The maximum Gasteiger partial charge on any atom is 0.250 e. The van der Waals surface area contributed by atoms with Crippen LogP contribution < -0.4 is 4.43 Å². The minimum absolute atomic E-state index is 0.217. The van der Waals surface area contributed by atoms with Crippen LogP contribution in [-0.4, -0.2) is 8.32 Å². The number of allylic oxidation sites excluding steroid dienone is 2. The summed E-state index contributed by atoms with van der Waals surface area (Å²) >= 11 is 3.89. The number of halogens is 1. The molecule has 1 aromatic carbocycles. The van der Waals surface area contributed by atoms with Gasteiger partial charge in [0.2, 0.25) is 0 Å². The summed E-state index contributed by atoms with van der Waals surface area (Å²) in [5, 5.41) is 0.217. The molecule has 4 atom stereocenters. The van der Waals surface area contributed by atoms with Gasteiger partial charge in [0.1, 0.15) is 5.75 Å². The van der Waals surface area contributed by atoms with Gasteiger partial charge in [0.25, 0.3) is 8.32 Å². The molecule has 0 aliphatic heterocycles. The highest BCUT2D eigenvalue weighted by Crippen LogP contribution is 2.63. The van der Waals surface area contributed by atoms with Crippen molar-refractivity contribution >= 4 is 24.2 Å². The molecule has 3 heteroatoms. The van der Waals surface area contributed by atoms with Crippen molar-refractivity contribution in [3.8, 4) is 5.75 Å². The first kappa shape index (κ1) is 21.7. The van der Waals surface area contributed by atoms with Crippen LogP contribution in [0.4, 0.5) is 0 Å². The SMILES string of the molecule is CC=C1CC[C@H]2[C@@H]3CCc4cc(O[Si](C)(C)C(C)(C)C)c(Br)cc4[C@H]3CC[C@]12C. The summed E-state index contributed by atoms with van der Waals surface area (Å²) in [6, 6.07) is 4.82. The first-order valence-electron chi connectivity index (χ1n) is 11.6. The quantitative estimate of drug-likeness (QED) is 0.307. The molecule has 0 radical (unpaired) electrons. The standard InChI is InChI=1S/C26H39BrOSi/c1-8-18-10-12-22-20-11-9-17-15-24(28-29(6,7)25(2,3)4)23(27)16-21(17)19(20)13-14-26(18,22)5/h8,15-16,19-20,22H,9-14H2,1-7H3/t19-,20+,22-,26+/m0/s1. The zero-order valence-corrected chi connectivity index (χ0v) is 22.1. The first-order valence-corrected chi connectivity index (χ1v) is 15.3. The number of fused-ring (bicyclic) bond motifs is 5. The van der Waals surface area contributed by atoms with Crippen LogP contribution in [0, 0.1) is 17.3 Å².